The van der Waals surface area contributed by atoms with Crippen molar-refractivity contribution in [2.45, 2.75) is 13.2 Å². The molecule has 0 saturated carbocycles. The van der Waals surface area contributed by atoms with E-state index in [4.69, 9.17) is 21.1 Å². The molecular formula is C13H18ClNO4S. The second-order valence-corrected chi connectivity index (χ2v) is 6.92. The molecule has 0 aromatic heterocycles. The highest BCUT2D eigenvalue weighted by Crippen LogP contribution is 2.25. The number of nitrogens with one attached hydrogen (secondary N) is 1. The third kappa shape index (κ3) is 4.34. The van der Waals surface area contributed by atoms with E-state index in [1.807, 2.05) is 6.07 Å². The fraction of sp³-hybridized carbons (Fsp3) is 0.538. The average Bonchev–Trinajstić information content (AvgIpc) is 2.91. The Bertz CT molecular complexity index is 543. The van der Waals surface area contributed by atoms with Crippen LogP contribution in [0.2, 0.25) is 0 Å². The molecule has 20 heavy (non-hydrogen) atoms. The zero-order valence-corrected chi connectivity index (χ0v) is 12.8. The number of sulfonamides is 1. The summed E-state index contributed by atoms with van der Waals surface area (Å²) in [7, 11) is -3.40. The molecule has 1 heterocycles. The molecule has 0 aliphatic carbocycles. The van der Waals surface area contributed by atoms with E-state index in [1.165, 1.54) is 0 Å². The summed E-state index contributed by atoms with van der Waals surface area (Å²) in [5.41, 5.74) is 1.30. The smallest absolute Gasteiger partial charge is 0.233 e. The Morgan fingerprint density at radius 3 is 2.75 bits per heavy atom. The van der Waals surface area contributed by atoms with Crippen LogP contribution in [-0.4, -0.2) is 33.3 Å². The maximum absolute atomic E-state index is 12.0. The molecule has 7 heteroatoms. The minimum Gasteiger partial charge on any atom is -0.346 e. The van der Waals surface area contributed by atoms with Gasteiger partial charge in [-0.2, -0.15) is 0 Å². The molecule has 1 N–H and O–H groups in total. The second-order valence-electron chi connectivity index (χ2n) is 4.84. The number of halogens is 1. The Morgan fingerprint density at radius 2 is 2.10 bits per heavy atom. The van der Waals surface area contributed by atoms with Gasteiger partial charge in [-0.15, -0.1) is 11.6 Å². The molecular weight excluding hydrogens is 302 g/mol. The van der Waals surface area contributed by atoms with Gasteiger partial charge in [-0.1, -0.05) is 19.1 Å². The molecule has 1 aromatic rings. The van der Waals surface area contributed by atoms with E-state index in [2.05, 4.69) is 4.72 Å². The van der Waals surface area contributed by atoms with Gasteiger partial charge in [-0.25, -0.2) is 8.42 Å². The van der Waals surface area contributed by atoms with Crippen molar-refractivity contribution in [1.82, 2.24) is 0 Å². The zero-order chi connectivity index (χ0) is 14.6. The minimum atomic E-state index is -3.40. The Labute approximate surface area is 124 Å². The molecule has 1 aliphatic heterocycles. The van der Waals surface area contributed by atoms with Crippen molar-refractivity contribution in [3.05, 3.63) is 29.8 Å². The third-order valence-electron chi connectivity index (χ3n) is 2.82. The van der Waals surface area contributed by atoms with Crippen molar-refractivity contribution in [2.75, 3.05) is 29.6 Å². The Kier molecular flexibility index (Phi) is 5.26. The first kappa shape index (κ1) is 15.6. The quantitative estimate of drug-likeness (QED) is 0.817. The highest BCUT2D eigenvalue weighted by Gasteiger charge is 2.20. The van der Waals surface area contributed by atoms with Crippen LogP contribution in [0.25, 0.3) is 0 Å². The maximum Gasteiger partial charge on any atom is 0.233 e. The number of benzene rings is 1. The van der Waals surface area contributed by atoms with Crippen molar-refractivity contribution >= 4 is 27.3 Å². The average molecular weight is 320 g/mol. The number of alkyl halides is 1. The van der Waals surface area contributed by atoms with Crippen LogP contribution in [0, 0.1) is 5.92 Å². The predicted molar refractivity (Wildman–Crippen MR) is 78.4 cm³/mol. The van der Waals surface area contributed by atoms with E-state index < -0.39 is 16.3 Å². The zero-order valence-electron chi connectivity index (χ0n) is 11.2. The van der Waals surface area contributed by atoms with Crippen LogP contribution in [0.4, 0.5) is 5.69 Å². The first-order valence-corrected chi connectivity index (χ1v) is 8.58. The van der Waals surface area contributed by atoms with Crippen LogP contribution in [0.15, 0.2) is 24.3 Å². The molecule has 0 bridgehead atoms. The van der Waals surface area contributed by atoms with Crippen LogP contribution in [0.3, 0.4) is 0 Å². The summed E-state index contributed by atoms with van der Waals surface area (Å²) in [4.78, 5) is 0. The Morgan fingerprint density at radius 1 is 1.40 bits per heavy atom. The van der Waals surface area contributed by atoms with Crippen molar-refractivity contribution in [3.63, 3.8) is 0 Å². The SMILES string of the molecule is CC(CCl)CS(=O)(=O)Nc1cccc(C2OCCO2)c1. The highest BCUT2D eigenvalue weighted by molar-refractivity contribution is 7.92. The summed E-state index contributed by atoms with van der Waals surface area (Å²) in [6, 6.07) is 7.03. The lowest BCUT2D eigenvalue weighted by atomic mass is 10.2. The van der Waals surface area contributed by atoms with Gasteiger partial charge >= 0.3 is 0 Å². The van der Waals surface area contributed by atoms with Gasteiger partial charge in [0.2, 0.25) is 10.0 Å². The van der Waals surface area contributed by atoms with E-state index in [-0.39, 0.29) is 11.7 Å². The van der Waals surface area contributed by atoms with E-state index in [1.54, 1.807) is 25.1 Å². The first-order valence-electron chi connectivity index (χ1n) is 6.40. The first-order chi connectivity index (χ1) is 9.50. The lowest BCUT2D eigenvalue weighted by Gasteiger charge is -2.14. The molecule has 1 unspecified atom stereocenters. The summed E-state index contributed by atoms with van der Waals surface area (Å²) in [5, 5.41) is 0. The largest absolute Gasteiger partial charge is 0.346 e. The molecule has 1 atom stereocenters. The Balaban J connectivity index is 2.07. The van der Waals surface area contributed by atoms with Crippen molar-refractivity contribution in [2.24, 2.45) is 5.92 Å². The van der Waals surface area contributed by atoms with E-state index >= 15 is 0 Å². The van der Waals surface area contributed by atoms with Crippen LogP contribution in [-0.2, 0) is 19.5 Å². The molecule has 0 radical (unpaired) electrons. The van der Waals surface area contributed by atoms with Gasteiger partial charge < -0.3 is 9.47 Å². The summed E-state index contributed by atoms with van der Waals surface area (Å²) in [6.07, 6.45) is -0.416. The number of rotatable bonds is 6. The number of anilines is 1. The summed E-state index contributed by atoms with van der Waals surface area (Å²) in [6.45, 7) is 2.89. The van der Waals surface area contributed by atoms with Crippen molar-refractivity contribution in [1.29, 1.82) is 0 Å². The molecule has 0 amide bonds. The summed E-state index contributed by atoms with van der Waals surface area (Å²) >= 11 is 5.65. The van der Waals surface area contributed by atoms with E-state index in [9.17, 15) is 8.42 Å². The molecule has 2 rings (SSSR count). The minimum absolute atomic E-state index is 0.00282. The monoisotopic (exact) mass is 319 g/mol. The summed E-state index contributed by atoms with van der Waals surface area (Å²) in [5.74, 6) is 0.209. The molecule has 1 aromatic carbocycles. The van der Waals surface area contributed by atoms with Gasteiger partial charge in [-0.05, 0) is 18.1 Å². The predicted octanol–water partition coefficient (Wildman–Crippen LogP) is 2.35. The normalized spacial score (nSPS) is 18.1. The topological polar surface area (TPSA) is 64.6 Å². The lowest BCUT2D eigenvalue weighted by Crippen LogP contribution is -2.22. The van der Waals surface area contributed by atoms with Gasteiger partial charge in [0.25, 0.3) is 0 Å². The molecule has 1 fully saturated rings. The summed E-state index contributed by atoms with van der Waals surface area (Å²) < 4.78 is 37.3. The highest BCUT2D eigenvalue weighted by atomic mass is 35.5. The van der Waals surface area contributed by atoms with Crippen molar-refractivity contribution in [3.8, 4) is 0 Å². The lowest BCUT2D eigenvalue weighted by molar-refractivity contribution is -0.0440. The van der Waals surface area contributed by atoms with Gasteiger partial charge in [-0.3, -0.25) is 4.72 Å². The molecule has 5 nitrogen and oxygen atoms in total. The number of ether oxygens (including phenoxy) is 2. The fourth-order valence-corrected chi connectivity index (χ4v) is 3.61. The Hall–Kier alpha value is -0.820. The third-order valence-corrected chi connectivity index (χ3v) is 4.90. The van der Waals surface area contributed by atoms with Crippen LogP contribution >= 0.6 is 11.6 Å². The van der Waals surface area contributed by atoms with Crippen LogP contribution in [0.5, 0.6) is 0 Å². The van der Waals surface area contributed by atoms with Gasteiger partial charge in [0.05, 0.1) is 19.0 Å². The van der Waals surface area contributed by atoms with Gasteiger partial charge in [0.15, 0.2) is 6.29 Å². The van der Waals surface area contributed by atoms with Crippen LogP contribution < -0.4 is 4.72 Å². The van der Waals surface area contributed by atoms with Crippen molar-refractivity contribution < 1.29 is 17.9 Å². The standard InChI is InChI=1S/C13H18ClNO4S/c1-10(8-14)9-20(16,17)15-12-4-2-3-11(7-12)13-18-5-6-19-13/h2-4,7,10,13,15H,5-6,8-9H2,1H3. The molecule has 1 saturated heterocycles. The molecule has 112 valence electrons. The maximum atomic E-state index is 12.0. The molecule has 0 spiro atoms. The van der Waals surface area contributed by atoms with Gasteiger partial charge in [0, 0.05) is 17.1 Å². The second kappa shape index (κ2) is 6.76. The number of hydrogen-bond acceptors (Lipinski definition) is 4. The molecule has 1 aliphatic rings. The number of hydrogen-bond donors (Lipinski definition) is 1. The van der Waals surface area contributed by atoms with Crippen LogP contribution in [0.1, 0.15) is 18.8 Å². The fourth-order valence-electron chi connectivity index (χ4n) is 1.94. The van der Waals surface area contributed by atoms with Gasteiger partial charge in [0.1, 0.15) is 0 Å². The van der Waals surface area contributed by atoms with E-state index in [0.717, 1.165) is 5.56 Å². The van der Waals surface area contributed by atoms with E-state index in [0.29, 0.717) is 24.8 Å².